The van der Waals surface area contributed by atoms with E-state index >= 15 is 0 Å². The number of ether oxygens (including phenoxy) is 1. The highest BCUT2D eigenvalue weighted by molar-refractivity contribution is 9.10. The molecule has 0 radical (unpaired) electrons. The number of halogens is 1. The van der Waals surface area contributed by atoms with Crippen LogP contribution in [-0.2, 0) is 6.42 Å². The summed E-state index contributed by atoms with van der Waals surface area (Å²) < 4.78 is 6.25. The van der Waals surface area contributed by atoms with Gasteiger partial charge in [0, 0.05) is 14.9 Å². The van der Waals surface area contributed by atoms with Crippen LogP contribution in [0.4, 0.5) is 0 Å². The summed E-state index contributed by atoms with van der Waals surface area (Å²) in [6, 6.07) is 7.74. The van der Waals surface area contributed by atoms with Crippen molar-refractivity contribution in [3.05, 3.63) is 50.1 Å². The van der Waals surface area contributed by atoms with Crippen molar-refractivity contribution >= 4 is 27.3 Å². The van der Waals surface area contributed by atoms with Crippen LogP contribution in [-0.4, -0.2) is 12.2 Å². The average molecular weight is 327 g/mol. The number of hydrogen-bond acceptors (Lipinski definition) is 3. The van der Waals surface area contributed by atoms with Crippen molar-refractivity contribution in [2.75, 3.05) is 7.11 Å². The fourth-order valence-corrected chi connectivity index (χ4v) is 3.32. The molecule has 0 aliphatic carbocycles. The minimum atomic E-state index is -0.632. The number of hydrogen-bond donors (Lipinski definition) is 1. The summed E-state index contributed by atoms with van der Waals surface area (Å²) in [7, 11) is 1.62. The molecule has 0 bridgehead atoms. The first kappa shape index (κ1) is 13.6. The quantitative estimate of drug-likeness (QED) is 0.913. The Morgan fingerprint density at radius 3 is 2.83 bits per heavy atom. The molecule has 1 atom stereocenters. The maximum atomic E-state index is 10.5. The molecule has 0 spiro atoms. The van der Waals surface area contributed by atoms with E-state index in [1.165, 1.54) is 5.56 Å². The van der Waals surface area contributed by atoms with E-state index < -0.39 is 6.10 Å². The minimum absolute atomic E-state index is 0.632. The van der Waals surface area contributed by atoms with Gasteiger partial charge in [0.1, 0.15) is 11.9 Å². The Hall–Kier alpha value is -0.840. The van der Waals surface area contributed by atoms with E-state index in [-0.39, 0.29) is 0 Å². The fourth-order valence-electron chi connectivity index (χ4n) is 1.94. The first-order valence-corrected chi connectivity index (χ1v) is 7.42. The number of aryl methyl sites for hydroxylation is 1. The molecule has 1 N–H and O–H groups in total. The summed E-state index contributed by atoms with van der Waals surface area (Å²) >= 11 is 5.01. The highest BCUT2D eigenvalue weighted by atomic mass is 79.9. The molecule has 0 saturated carbocycles. The van der Waals surface area contributed by atoms with Gasteiger partial charge in [0.2, 0.25) is 0 Å². The monoisotopic (exact) mass is 326 g/mol. The smallest absolute Gasteiger partial charge is 0.125 e. The van der Waals surface area contributed by atoms with Crippen molar-refractivity contribution in [1.82, 2.24) is 0 Å². The third-order valence-corrected chi connectivity index (χ3v) is 4.40. The van der Waals surface area contributed by atoms with Crippen LogP contribution >= 0.6 is 27.3 Å². The summed E-state index contributed by atoms with van der Waals surface area (Å²) in [6.07, 6.45) is 0.291. The zero-order valence-electron chi connectivity index (χ0n) is 10.3. The molecular weight excluding hydrogens is 312 g/mol. The maximum Gasteiger partial charge on any atom is 0.125 e. The second kappa shape index (κ2) is 5.87. The van der Waals surface area contributed by atoms with Crippen LogP contribution in [0.1, 0.15) is 29.0 Å². The van der Waals surface area contributed by atoms with Crippen LogP contribution in [0.3, 0.4) is 0 Å². The van der Waals surface area contributed by atoms with E-state index in [1.54, 1.807) is 18.4 Å². The predicted octanol–water partition coefficient (Wildman–Crippen LogP) is 4.16. The van der Waals surface area contributed by atoms with Gasteiger partial charge in [0.15, 0.2) is 0 Å². The molecule has 96 valence electrons. The second-order valence-electron chi connectivity index (χ2n) is 3.95. The van der Waals surface area contributed by atoms with Crippen molar-refractivity contribution in [1.29, 1.82) is 0 Å². The lowest BCUT2D eigenvalue weighted by Crippen LogP contribution is -2.02. The maximum absolute atomic E-state index is 10.5. The Balaban J connectivity index is 2.45. The third kappa shape index (κ3) is 2.60. The fraction of sp³-hybridized carbons (Fsp3) is 0.286. The Bertz CT molecular complexity index is 536. The lowest BCUT2D eigenvalue weighted by molar-refractivity contribution is 0.217. The highest BCUT2D eigenvalue weighted by Gasteiger charge is 2.19. The van der Waals surface area contributed by atoms with Gasteiger partial charge in [-0.05, 0) is 41.6 Å². The van der Waals surface area contributed by atoms with Crippen LogP contribution in [0.15, 0.2) is 34.1 Å². The van der Waals surface area contributed by atoms with Gasteiger partial charge in [0.25, 0.3) is 0 Å². The van der Waals surface area contributed by atoms with Crippen molar-refractivity contribution in [2.24, 2.45) is 0 Å². The first-order chi connectivity index (χ1) is 8.67. The summed E-state index contributed by atoms with van der Waals surface area (Å²) in [4.78, 5) is 0.994. The molecule has 2 nitrogen and oxygen atoms in total. The van der Waals surface area contributed by atoms with Gasteiger partial charge in [-0.1, -0.05) is 22.9 Å². The number of rotatable bonds is 4. The van der Waals surface area contributed by atoms with E-state index in [1.807, 2.05) is 23.6 Å². The summed E-state index contributed by atoms with van der Waals surface area (Å²) in [5.74, 6) is 0.709. The molecule has 2 rings (SSSR count). The molecule has 1 unspecified atom stereocenters. The van der Waals surface area contributed by atoms with Crippen molar-refractivity contribution in [2.45, 2.75) is 19.4 Å². The molecule has 4 heteroatoms. The van der Waals surface area contributed by atoms with Gasteiger partial charge in [-0.3, -0.25) is 0 Å². The number of benzene rings is 1. The van der Waals surface area contributed by atoms with Gasteiger partial charge in [0.05, 0.1) is 7.11 Å². The zero-order chi connectivity index (χ0) is 13.1. The lowest BCUT2D eigenvalue weighted by atomic mass is 10.0. The molecule has 0 aliphatic rings. The number of methoxy groups -OCH3 is 1. The predicted molar refractivity (Wildman–Crippen MR) is 78.5 cm³/mol. The molecule has 1 heterocycles. The number of aliphatic hydroxyl groups is 1. The molecule has 0 amide bonds. The van der Waals surface area contributed by atoms with Crippen LogP contribution in [0.25, 0.3) is 0 Å². The molecule has 1 aromatic carbocycles. The van der Waals surface area contributed by atoms with Crippen LogP contribution in [0.5, 0.6) is 5.75 Å². The lowest BCUT2D eigenvalue weighted by Gasteiger charge is -2.15. The summed E-state index contributed by atoms with van der Waals surface area (Å²) in [5, 5.41) is 12.6. The third-order valence-electron chi connectivity index (χ3n) is 2.90. The van der Waals surface area contributed by atoms with E-state index in [4.69, 9.17) is 4.74 Å². The Morgan fingerprint density at radius 1 is 1.39 bits per heavy atom. The molecule has 18 heavy (non-hydrogen) atoms. The number of thiophene rings is 1. The topological polar surface area (TPSA) is 29.5 Å². The second-order valence-corrected chi connectivity index (χ2v) is 5.82. The molecule has 1 aromatic heterocycles. The number of aliphatic hydroxyl groups excluding tert-OH is 1. The molecule has 0 saturated heterocycles. The zero-order valence-corrected chi connectivity index (χ0v) is 12.7. The molecule has 0 fully saturated rings. The normalized spacial score (nSPS) is 12.4. The summed E-state index contributed by atoms with van der Waals surface area (Å²) in [5.41, 5.74) is 1.98. The van der Waals surface area contributed by atoms with Crippen molar-refractivity contribution in [3.63, 3.8) is 0 Å². The van der Waals surface area contributed by atoms with Gasteiger partial charge < -0.3 is 9.84 Å². The Labute approximate surface area is 119 Å². The molecular formula is C14H15BrO2S. The van der Waals surface area contributed by atoms with Crippen molar-refractivity contribution in [3.8, 4) is 5.75 Å². The SMILES string of the molecule is CCc1ccsc1C(O)c1cc(Br)ccc1OC. The van der Waals surface area contributed by atoms with Gasteiger partial charge in [-0.15, -0.1) is 11.3 Å². The summed E-state index contributed by atoms with van der Waals surface area (Å²) in [6.45, 7) is 2.09. The minimum Gasteiger partial charge on any atom is -0.496 e. The van der Waals surface area contributed by atoms with Gasteiger partial charge in [-0.25, -0.2) is 0 Å². The largest absolute Gasteiger partial charge is 0.496 e. The van der Waals surface area contributed by atoms with Crippen LogP contribution < -0.4 is 4.74 Å². The van der Waals surface area contributed by atoms with Gasteiger partial charge in [-0.2, -0.15) is 0 Å². The van der Waals surface area contributed by atoms with E-state index in [0.717, 1.165) is 21.3 Å². The Kier molecular flexibility index (Phi) is 4.43. The first-order valence-electron chi connectivity index (χ1n) is 5.75. The van der Waals surface area contributed by atoms with Crippen LogP contribution in [0.2, 0.25) is 0 Å². The van der Waals surface area contributed by atoms with E-state index in [9.17, 15) is 5.11 Å². The van der Waals surface area contributed by atoms with E-state index in [2.05, 4.69) is 28.9 Å². The molecule has 2 aromatic rings. The standard InChI is InChI=1S/C14H15BrO2S/c1-3-9-6-7-18-14(9)13(16)11-8-10(15)4-5-12(11)17-2/h4-8,13,16H,3H2,1-2H3. The molecule has 0 aliphatic heterocycles. The van der Waals surface area contributed by atoms with E-state index in [0.29, 0.717) is 5.75 Å². The highest BCUT2D eigenvalue weighted by Crippen LogP contribution is 2.36. The van der Waals surface area contributed by atoms with Gasteiger partial charge >= 0.3 is 0 Å². The van der Waals surface area contributed by atoms with Crippen molar-refractivity contribution < 1.29 is 9.84 Å². The average Bonchev–Trinajstić information content (AvgIpc) is 2.86. The Morgan fingerprint density at radius 2 is 2.17 bits per heavy atom. The van der Waals surface area contributed by atoms with Crippen LogP contribution in [0, 0.1) is 0 Å².